The Balaban J connectivity index is 1.84. The predicted molar refractivity (Wildman–Crippen MR) is 107 cm³/mol. The van der Waals surface area contributed by atoms with E-state index >= 15 is 0 Å². The van der Waals surface area contributed by atoms with Crippen LogP contribution in [0, 0.1) is 11.3 Å². The largest absolute Gasteiger partial charge is 0.497 e. The quantitative estimate of drug-likeness (QED) is 0.690. The summed E-state index contributed by atoms with van der Waals surface area (Å²) in [7, 11) is 1.61. The molecule has 2 heterocycles. The molecular weight excluding hydrogens is 368 g/mol. The molecule has 146 valence electrons. The van der Waals surface area contributed by atoms with Crippen LogP contribution in [0.1, 0.15) is 24.0 Å². The number of hydrogen-bond donors (Lipinski definition) is 2. The molecule has 29 heavy (non-hydrogen) atoms. The number of nitriles is 1. The lowest BCUT2D eigenvalue weighted by atomic mass is 9.83. The number of fused-ring (bicyclic) bond motifs is 1. The number of nitrogens with zero attached hydrogens (tertiary/aromatic N) is 2. The Morgan fingerprint density at radius 2 is 1.83 bits per heavy atom. The summed E-state index contributed by atoms with van der Waals surface area (Å²) in [6.07, 6.45) is 0. The number of allylic oxidation sites excluding steroid dienone is 1. The Bertz CT molecular complexity index is 1090. The minimum Gasteiger partial charge on any atom is -0.497 e. The Labute approximate surface area is 168 Å². The zero-order chi connectivity index (χ0) is 20.4. The van der Waals surface area contributed by atoms with E-state index in [0.717, 1.165) is 33.9 Å². The second-order valence-electron chi connectivity index (χ2n) is 6.47. The standard InChI is InChI=1S/C22H20N4O3/c1-3-28-16-10-6-14(7-11-16)20-19-18(13-4-8-15(27-2)9-5-13)17(12-23)21(24)29-22(19)26-25-20/h4-11,18H,3,24H2,1-2H3,(H,25,26). The number of methoxy groups -OCH3 is 1. The predicted octanol–water partition coefficient (Wildman–Crippen LogP) is 3.70. The monoisotopic (exact) mass is 388 g/mol. The van der Waals surface area contributed by atoms with E-state index in [0.29, 0.717) is 18.1 Å². The topological polar surface area (TPSA) is 106 Å². The molecule has 3 aromatic rings. The van der Waals surface area contributed by atoms with Crippen LogP contribution >= 0.6 is 0 Å². The average molecular weight is 388 g/mol. The molecule has 3 N–H and O–H groups in total. The Hall–Kier alpha value is -3.92. The minimum atomic E-state index is -0.407. The third-order valence-electron chi connectivity index (χ3n) is 4.84. The summed E-state index contributed by atoms with van der Waals surface area (Å²) in [6.45, 7) is 2.54. The highest BCUT2D eigenvalue weighted by Gasteiger charge is 2.35. The molecule has 0 saturated carbocycles. The Morgan fingerprint density at radius 1 is 1.14 bits per heavy atom. The molecule has 2 aromatic carbocycles. The van der Waals surface area contributed by atoms with Gasteiger partial charge in [-0.15, -0.1) is 5.10 Å². The van der Waals surface area contributed by atoms with Gasteiger partial charge in [-0.05, 0) is 48.9 Å². The van der Waals surface area contributed by atoms with Crippen LogP contribution in [0.4, 0.5) is 0 Å². The fourth-order valence-electron chi connectivity index (χ4n) is 3.48. The highest BCUT2D eigenvalue weighted by molar-refractivity contribution is 5.71. The number of aromatic nitrogens is 2. The van der Waals surface area contributed by atoms with Crippen molar-refractivity contribution in [2.45, 2.75) is 12.8 Å². The van der Waals surface area contributed by atoms with Crippen LogP contribution in [-0.4, -0.2) is 23.9 Å². The summed E-state index contributed by atoms with van der Waals surface area (Å²) in [6, 6.07) is 17.4. The van der Waals surface area contributed by atoms with Crippen molar-refractivity contribution in [2.75, 3.05) is 13.7 Å². The maximum Gasteiger partial charge on any atom is 0.244 e. The maximum atomic E-state index is 9.77. The zero-order valence-electron chi connectivity index (χ0n) is 16.1. The van der Waals surface area contributed by atoms with Crippen molar-refractivity contribution in [1.29, 1.82) is 5.26 Å². The van der Waals surface area contributed by atoms with Crippen molar-refractivity contribution >= 4 is 0 Å². The van der Waals surface area contributed by atoms with Gasteiger partial charge in [-0.1, -0.05) is 12.1 Å². The first-order valence-electron chi connectivity index (χ1n) is 9.19. The molecule has 1 aliphatic rings. The smallest absolute Gasteiger partial charge is 0.244 e. The van der Waals surface area contributed by atoms with Gasteiger partial charge in [0, 0.05) is 5.56 Å². The molecule has 1 aromatic heterocycles. The molecule has 1 unspecified atom stereocenters. The van der Waals surface area contributed by atoms with Crippen molar-refractivity contribution in [3.63, 3.8) is 0 Å². The first-order valence-corrected chi connectivity index (χ1v) is 9.19. The summed E-state index contributed by atoms with van der Waals surface area (Å²) in [5.41, 5.74) is 9.71. The number of aromatic amines is 1. The SMILES string of the molecule is CCOc1ccc(-c2[nH]nc3c2C(c2ccc(OC)cc2)C(C#N)=C(N)O3)cc1. The highest BCUT2D eigenvalue weighted by Crippen LogP contribution is 2.45. The van der Waals surface area contributed by atoms with Crippen molar-refractivity contribution in [3.05, 3.63) is 71.1 Å². The Kier molecular flexibility index (Phi) is 4.83. The van der Waals surface area contributed by atoms with Gasteiger partial charge in [-0.25, -0.2) is 0 Å². The van der Waals surface area contributed by atoms with Gasteiger partial charge in [0.15, 0.2) is 0 Å². The third-order valence-corrected chi connectivity index (χ3v) is 4.84. The number of ether oxygens (including phenoxy) is 3. The lowest BCUT2D eigenvalue weighted by Gasteiger charge is -2.24. The van der Waals surface area contributed by atoms with Crippen LogP contribution in [0.25, 0.3) is 11.3 Å². The normalized spacial score (nSPS) is 15.3. The summed E-state index contributed by atoms with van der Waals surface area (Å²) < 4.78 is 16.4. The molecular formula is C22H20N4O3. The second kappa shape index (κ2) is 7.60. The van der Waals surface area contributed by atoms with Gasteiger partial charge in [0.2, 0.25) is 11.8 Å². The fourth-order valence-corrected chi connectivity index (χ4v) is 3.48. The molecule has 0 radical (unpaired) electrons. The van der Waals surface area contributed by atoms with Crippen molar-refractivity contribution in [1.82, 2.24) is 10.2 Å². The maximum absolute atomic E-state index is 9.77. The third kappa shape index (κ3) is 3.25. The number of nitrogens with one attached hydrogen (secondary N) is 1. The first-order chi connectivity index (χ1) is 14.2. The highest BCUT2D eigenvalue weighted by atomic mass is 16.5. The van der Waals surface area contributed by atoms with Crippen LogP contribution in [-0.2, 0) is 0 Å². The van der Waals surface area contributed by atoms with Gasteiger partial charge >= 0.3 is 0 Å². The lowest BCUT2D eigenvalue weighted by Crippen LogP contribution is -2.20. The van der Waals surface area contributed by atoms with E-state index in [9.17, 15) is 5.26 Å². The molecule has 1 aliphatic heterocycles. The van der Waals surface area contributed by atoms with Crippen molar-refractivity contribution < 1.29 is 14.2 Å². The van der Waals surface area contributed by atoms with Gasteiger partial charge in [-0.2, -0.15) is 5.26 Å². The number of rotatable bonds is 5. The van der Waals surface area contributed by atoms with E-state index in [1.807, 2.05) is 55.5 Å². The summed E-state index contributed by atoms with van der Waals surface area (Å²) >= 11 is 0. The number of nitrogens with two attached hydrogens (primary N) is 1. The first kappa shape index (κ1) is 18.4. The van der Waals surface area contributed by atoms with Crippen LogP contribution in [0.5, 0.6) is 17.4 Å². The number of benzene rings is 2. The van der Waals surface area contributed by atoms with Gasteiger partial charge < -0.3 is 19.9 Å². The molecule has 0 bridgehead atoms. The van der Waals surface area contributed by atoms with Crippen LogP contribution < -0.4 is 19.9 Å². The second-order valence-corrected chi connectivity index (χ2v) is 6.47. The van der Waals surface area contributed by atoms with Crippen LogP contribution in [0.2, 0.25) is 0 Å². The Morgan fingerprint density at radius 3 is 2.45 bits per heavy atom. The van der Waals surface area contributed by atoms with E-state index < -0.39 is 5.92 Å². The summed E-state index contributed by atoms with van der Waals surface area (Å²) in [4.78, 5) is 0. The molecule has 0 amide bonds. The van der Waals surface area contributed by atoms with E-state index in [4.69, 9.17) is 19.9 Å². The summed E-state index contributed by atoms with van der Waals surface area (Å²) in [5.74, 6) is 1.54. The molecule has 0 aliphatic carbocycles. The van der Waals surface area contributed by atoms with Crippen LogP contribution in [0.3, 0.4) is 0 Å². The molecule has 0 saturated heterocycles. The molecule has 0 fully saturated rings. The zero-order valence-corrected chi connectivity index (χ0v) is 16.1. The molecule has 0 spiro atoms. The number of H-pyrrole nitrogens is 1. The number of hydrogen-bond acceptors (Lipinski definition) is 6. The molecule has 7 heteroatoms. The van der Waals surface area contributed by atoms with Gasteiger partial charge in [0.05, 0.1) is 30.9 Å². The van der Waals surface area contributed by atoms with E-state index in [1.165, 1.54) is 0 Å². The van der Waals surface area contributed by atoms with E-state index in [2.05, 4.69) is 16.3 Å². The summed E-state index contributed by atoms with van der Waals surface area (Å²) in [5, 5.41) is 17.1. The molecule has 7 nitrogen and oxygen atoms in total. The van der Waals surface area contributed by atoms with E-state index in [-0.39, 0.29) is 5.88 Å². The van der Waals surface area contributed by atoms with Crippen molar-refractivity contribution in [2.24, 2.45) is 5.73 Å². The van der Waals surface area contributed by atoms with Crippen molar-refractivity contribution in [3.8, 4) is 34.7 Å². The van der Waals surface area contributed by atoms with Gasteiger partial charge in [-0.3, -0.25) is 5.10 Å². The van der Waals surface area contributed by atoms with Gasteiger partial charge in [0.25, 0.3) is 0 Å². The molecule has 4 rings (SSSR count). The van der Waals surface area contributed by atoms with Crippen LogP contribution in [0.15, 0.2) is 60.0 Å². The van der Waals surface area contributed by atoms with E-state index in [1.54, 1.807) is 7.11 Å². The minimum absolute atomic E-state index is 0.0607. The fraction of sp³-hybridized carbons (Fsp3) is 0.182. The van der Waals surface area contributed by atoms with Gasteiger partial charge in [0.1, 0.15) is 23.1 Å². The molecule has 1 atom stereocenters. The average Bonchev–Trinajstić information content (AvgIpc) is 3.17. The lowest BCUT2D eigenvalue weighted by molar-refractivity contribution is 0.340.